The quantitative estimate of drug-likeness (QED) is 0.490. The number of hydrogen-bond donors (Lipinski definition) is 4. The first kappa shape index (κ1) is 24.0. The maximum atomic E-state index is 12.1. The molecule has 4 N–H and O–H groups in total. The molecule has 0 aromatic rings. The van der Waals surface area contributed by atoms with Crippen molar-refractivity contribution in [2.24, 2.45) is 46.3 Å². The highest BCUT2D eigenvalue weighted by Gasteiger charge is 2.65. The lowest BCUT2D eigenvalue weighted by atomic mass is 9.43. The van der Waals surface area contributed by atoms with Crippen LogP contribution < -0.4 is 5.32 Å². The Morgan fingerprint density at radius 2 is 1.88 bits per heavy atom. The fourth-order valence-electron chi connectivity index (χ4n) is 8.93. The van der Waals surface area contributed by atoms with Gasteiger partial charge in [0.25, 0.3) is 0 Å². The molecule has 0 bridgehead atoms. The summed E-state index contributed by atoms with van der Waals surface area (Å²) in [5.74, 6) is 4.35. The van der Waals surface area contributed by atoms with Crippen molar-refractivity contribution < 1.29 is 20.1 Å². The second-order valence-electron chi connectivity index (χ2n) is 12.0. The summed E-state index contributed by atoms with van der Waals surface area (Å²) in [5.41, 5.74) is -0.113. The Bertz CT molecular complexity index is 748. The molecule has 0 radical (unpaired) electrons. The van der Waals surface area contributed by atoms with Crippen LogP contribution in [0.2, 0.25) is 0 Å². The molecule has 0 aliphatic heterocycles. The molecule has 4 aliphatic rings. The van der Waals surface area contributed by atoms with Crippen LogP contribution in [0.4, 0.5) is 0 Å². The SMILES string of the molecule is C#CCNC(=O)CC[C@@H](C)[C@H]1CC[C@H]2[C@@H]3[C@H](O)C[C@@H]4C[C@H](O)CC[C@]4(C)[C@H]3C[C@H](O)[C@]12C. The number of hydrogen-bond acceptors (Lipinski definition) is 4. The van der Waals surface area contributed by atoms with Crippen LogP contribution in [-0.2, 0) is 4.79 Å². The number of aliphatic hydroxyl groups is 3. The number of nitrogens with one attached hydrogen (secondary N) is 1. The van der Waals surface area contributed by atoms with E-state index in [9.17, 15) is 20.1 Å². The zero-order valence-electron chi connectivity index (χ0n) is 20.1. The molecule has 1 amide bonds. The summed E-state index contributed by atoms with van der Waals surface area (Å²) in [6, 6.07) is 0. The van der Waals surface area contributed by atoms with E-state index < -0.39 is 0 Å². The Hall–Kier alpha value is -1.09. The minimum Gasteiger partial charge on any atom is -0.393 e. The molecule has 0 unspecified atom stereocenters. The van der Waals surface area contributed by atoms with Crippen LogP contribution in [0.15, 0.2) is 0 Å². The van der Waals surface area contributed by atoms with Gasteiger partial charge >= 0.3 is 0 Å². The topological polar surface area (TPSA) is 89.8 Å². The molecule has 4 saturated carbocycles. The van der Waals surface area contributed by atoms with Gasteiger partial charge in [-0.05, 0) is 97.7 Å². The largest absolute Gasteiger partial charge is 0.393 e. The summed E-state index contributed by atoms with van der Waals surface area (Å²) >= 11 is 0. The van der Waals surface area contributed by atoms with Crippen LogP contribution >= 0.6 is 0 Å². The van der Waals surface area contributed by atoms with Gasteiger partial charge in [-0.25, -0.2) is 0 Å². The van der Waals surface area contributed by atoms with Gasteiger partial charge in [-0.2, -0.15) is 0 Å². The average Bonchev–Trinajstić information content (AvgIpc) is 3.11. The first-order valence-corrected chi connectivity index (χ1v) is 12.9. The highest BCUT2D eigenvalue weighted by Crippen LogP contribution is 2.68. The number of carbonyl (C=O) groups excluding carboxylic acids is 1. The van der Waals surface area contributed by atoms with Gasteiger partial charge in [-0.1, -0.05) is 26.7 Å². The van der Waals surface area contributed by atoms with Crippen LogP contribution in [-0.4, -0.2) is 46.1 Å². The summed E-state index contributed by atoms with van der Waals surface area (Å²) in [4.78, 5) is 12.1. The number of fused-ring (bicyclic) bond motifs is 5. The monoisotopic (exact) mass is 445 g/mol. The van der Waals surface area contributed by atoms with E-state index in [0.717, 1.165) is 51.4 Å². The molecule has 180 valence electrons. The van der Waals surface area contributed by atoms with E-state index in [2.05, 4.69) is 32.0 Å². The highest BCUT2D eigenvalue weighted by atomic mass is 16.3. The molecule has 0 heterocycles. The Labute approximate surface area is 193 Å². The van der Waals surface area contributed by atoms with E-state index in [4.69, 9.17) is 6.42 Å². The maximum Gasteiger partial charge on any atom is 0.220 e. The van der Waals surface area contributed by atoms with Gasteiger partial charge in [0.1, 0.15) is 0 Å². The minimum atomic E-state index is -0.381. The van der Waals surface area contributed by atoms with E-state index in [1.165, 1.54) is 0 Å². The molecular formula is C27H43NO4. The zero-order valence-corrected chi connectivity index (χ0v) is 20.1. The maximum absolute atomic E-state index is 12.1. The van der Waals surface area contributed by atoms with Crippen LogP contribution in [0.3, 0.4) is 0 Å². The van der Waals surface area contributed by atoms with Crippen LogP contribution in [0.5, 0.6) is 0 Å². The predicted octanol–water partition coefficient (Wildman–Crippen LogP) is 3.11. The van der Waals surface area contributed by atoms with Crippen molar-refractivity contribution in [3.63, 3.8) is 0 Å². The van der Waals surface area contributed by atoms with Crippen molar-refractivity contribution >= 4 is 5.91 Å². The van der Waals surface area contributed by atoms with Gasteiger partial charge in [-0.3, -0.25) is 4.79 Å². The van der Waals surface area contributed by atoms with Crippen molar-refractivity contribution in [3.8, 4) is 12.3 Å². The van der Waals surface area contributed by atoms with E-state index in [1.807, 2.05) is 0 Å². The van der Waals surface area contributed by atoms with E-state index >= 15 is 0 Å². The Kier molecular flexibility index (Phi) is 6.71. The average molecular weight is 446 g/mol. The van der Waals surface area contributed by atoms with Gasteiger partial charge < -0.3 is 20.6 Å². The fourth-order valence-corrected chi connectivity index (χ4v) is 8.93. The molecule has 0 saturated heterocycles. The second-order valence-corrected chi connectivity index (χ2v) is 12.0. The predicted molar refractivity (Wildman–Crippen MR) is 124 cm³/mol. The molecule has 5 nitrogen and oxygen atoms in total. The summed E-state index contributed by atoms with van der Waals surface area (Å²) < 4.78 is 0. The van der Waals surface area contributed by atoms with Crippen molar-refractivity contribution in [3.05, 3.63) is 0 Å². The van der Waals surface area contributed by atoms with Gasteiger partial charge in [0.15, 0.2) is 0 Å². The molecule has 32 heavy (non-hydrogen) atoms. The highest BCUT2D eigenvalue weighted by molar-refractivity contribution is 5.76. The van der Waals surface area contributed by atoms with E-state index in [-0.39, 0.29) is 47.5 Å². The molecule has 4 rings (SSSR count). The summed E-state index contributed by atoms with van der Waals surface area (Å²) in [5, 5.41) is 36.0. The van der Waals surface area contributed by atoms with E-state index in [0.29, 0.717) is 36.0 Å². The Morgan fingerprint density at radius 1 is 1.12 bits per heavy atom. The number of terminal acetylenes is 1. The van der Waals surface area contributed by atoms with Gasteiger partial charge in [0, 0.05) is 6.42 Å². The molecular weight excluding hydrogens is 402 g/mol. The van der Waals surface area contributed by atoms with Crippen LogP contribution in [0.1, 0.15) is 78.6 Å². The van der Waals surface area contributed by atoms with Crippen LogP contribution in [0, 0.1) is 58.7 Å². The third kappa shape index (κ3) is 3.81. The third-order valence-electron chi connectivity index (χ3n) is 10.7. The Balaban J connectivity index is 1.52. The van der Waals surface area contributed by atoms with Crippen molar-refractivity contribution in [1.82, 2.24) is 5.32 Å². The normalized spacial score (nSPS) is 48.7. The molecule has 11 atom stereocenters. The zero-order chi connectivity index (χ0) is 23.3. The van der Waals surface area contributed by atoms with Crippen LogP contribution in [0.25, 0.3) is 0 Å². The minimum absolute atomic E-state index is 0.0000815. The lowest BCUT2D eigenvalue weighted by molar-refractivity contribution is -0.207. The molecule has 0 aromatic heterocycles. The van der Waals surface area contributed by atoms with Crippen molar-refractivity contribution in [1.29, 1.82) is 0 Å². The van der Waals surface area contributed by atoms with Crippen molar-refractivity contribution in [2.45, 2.75) is 96.9 Å². The molecule has 4 fully saturated rings. The Morgan fingerprint density at radius 3 is 2.59 bits per heavy atom. The van der Waals surface area contributed by atoms with E-state index in [1.54, 1.807) is 0 Å². The van der Waals surface area contributed by atoms with Gasteiger partial charge in [0.05, 0.1) is 24.9 Å². The first-order chi connectivity index (χ1) is 15.1. The number of carbonyl (C=O) groups is 1. The van der Waals surface area contributed by atoms with Gasteiger partial charge in [0.2, 0.25) is 5.91 Å². The molecule has 5 heteroatoms. The number of amides is 1. The molecule has 0 aromatic carbocycles. The summed E-state index contributed by atoms with van der Waals surface area (Å²) in [6.07, 6.45) is 11.8. The third-order valence-corrected chi connectivity index (χ3v) is 10.7. The molecule has 0 spiro atoms. The smallest absolute Gasteiger partial charge is 0.220 e. The van der Waals surface area contributed by atoms with Crippen molar-refractivity contribution in [2.75, 3.05) is 6.54 Å². The lowest BCUT2D eigenvalue weighted by Gasteiger charge is -2.63. The standard InChI is InChI=1S/C27H43NO4/c1-5-12-28-24(32)9-6-16(2)19-7-8-20-25-21(15-23(31)27(19,20)4)26(3)11-10-18(29)13-17(26)14-22(25)30/h1,16-23,25,29-31H,6-15H2,2-4H3,(H,28,32)/t16-,17+,18-,19-,20+,21+,22-,23+,25+,26+,27-/m1/s1. The van der Waals surface area contributed by atoms with Gasteiger partial charge in [-0.15, -0.1) is 6.42 Å². The number of aliphatic hydroxyl groups excluding tert-OH is 3. The number of rotatable bonds is 5. The molecule has 4 aliphatic carbocycles. The lowest BCUT2D eigenvalue weighted by Crippen LogP contribution is -2.62. The summed E-state index contributed by atoms with van der Waals surface area (Å²) in [7, 11) is 0. The summed E-state index contributed by atoms with van der Waals surface area (Å²) in [6.45, 7) is 7.12. The second kappa shape index (κ2) is 8.93. The fraction of sp³-hybridized carbons (Fsp3) is 0.889. The first-order valence-electron chi connectivity index (χ1n) is 12.9.